The van der Waals surface area contributed by atoms with Crippen LogP contribution in [0.1, 0.15) is 25.3 Å². The Morgan fingerprint density at radius 3 is 2.80 bits per heavy atom. The molecule has 15 heavy (non-hydrogen) atoms. The molecule has 0 aromatic heterocycles. The van der Waals surface area contributed by atoms with Crippen molar-refractivity contribution in [1.82, 2.24) is 0 Å². The van der Waals surface area contributed by atoms with Crippen molar-refractivity contribution in [3.8, 4) is 0 Å². The summed E-state index contributed by atoms with van der Waals surface area (Å²) >= 11 is 3.46. The largest absolute Gasteiger partial charge is 0.311 e. The number of amides is 1. The average molecular weight is 266 g/mol. The zero-order valence-electron chi connectivity index (χ0n) is 8.59. The van der Waals surface area contributed by atoms with Gasteiger partial charge in [0.05, 0.1) is 0 Å². The minimum atomic E-state index is 0.151. The number of nitrogens with zero attached hydrogens (tertiary/aromatic N) is 1. The van der Waals surface area contributed by atoms with Gasteiger partial charge in [0.25, 0.3) is 0 Å². The van der Waals surface area contributed by atoms with Crippen molar-refractivity contribution in [2.24, 2.45) is 0 Å². The molecular formula is C12H12BrNO. The van der Waals surface area contributed by atoms with Gasteiger partial charge in [0.2, 0.25) is 5.91 Å². The molecule has 3 rings (SSSR count). The predicted molar refractivity (Wildman–Crippen MR) is 63.1 cm³/mol. The molecule has 0 unspecified atom stereocenters. The molecule has 1 aromatic carbocycles. The van der Waals surface area contributed by atoms with Crippen LogP contribution in [-0.2, 0) is 10.2 Å². The molecule has 1 fully saturated rings. The first-order chi connectivity index (χ1) is 7.12. The molecule has 0 atom stereocenters. The third kappa shape index (κ3) is 1.26. The molecule has 1 aliphatic carbocycles. The number of rotatable bonds is 0. The van der Waals surface area contributed by atoms with Crippen LogP contribution in [0, 0.1) is 0 Å². The van der Waals surface area contributed by atoms with E-state index in [1.165, 1.54) is 18.4 Å². The van der Waals surface area contributed by atoms with Gasteiger partial charge in [-0.05, 0) is 30.5 Å². The smallest absolute Gasteiger partial charge is 0.223 e. The first-order valence-corrected chi connectivity index (χ1v) is 6.00. The topological polar surface area (TPSA) is 20.3 Å². The Bertz CT molecular complexity index is 451. The lowest BCUT2D eigenvalue weighted by atomic mass is 9.99. The zero-order valence-corrected chi connectivity index (χ0v) is 10.2. The highest BCUT2D eigenvalue weighted by atomic mass is 79.9. The molecule has 3 heteroatoms. The van der Waals surface area contributed by atoms with Crippen LogP contribution in [0.15, 0.2) is 22.7 Å². The average Bonchev–Trinajstić information content (AvgIpc) is 2.86. The van der Waals surface area contributed by atoms with Crippen LogP contribution in [-0.4, -0.2) is 12.5 Å². The lowest BCUT2D eigenvalue weighted by Gasteiger charge is -2.15. The first kappa shape index (κ1) is 9.40. The standard InChI is InChI=1S/C12H12BrNO/c1-8(15)14-7-12(4-5-12)10-3-2-9(13)6-11(10)14/h2-3,6H,4-5,7H2,1H3. The second-order valence-electron chi connectivity index (χ2n) is 4.55. The van der Waals surface area contributed by atoms with Gasteiger partial charge in [-0.3, -0.25) is 4.79 Å². The lowest BCUT2D eigenvalue weighted by Crippen LogP contribution is -2.28. The maximum absolute atomic E-state index is 11.5. The second kappa shape index (κ2) is 2.85. The Labute approximate surface area is 97.4 Å². The van der Waals surface area contributed by atoms with Crippen LogP contribution < -0.4 is 4.90 Å². The van der Waals surface area contributed by atoms with Gasteiger partial charge < -0.3 is 4.90 Å². The Balaban J connectivity index is 2.16. The lowest BCUT2D eigenvalue weighted by molar-refractivity contribution is -0.116. The van der Waals surface area contributed by atoms with E-state index in [1.807, 2.05) is 4.90 Å². The third-order valence-electron chi connectivity index (χ3n) is 3.52. The Morgan fingerprint density at radius 2 is 2.20 bits per heavy atom. The van der Waals surface area contributed by atoms with E-state index >= 15 is 0 Å². The fourth-order valence-corrected chi connectivity index (χ4v) is 2.86. The van der Waals surface area contributed by atoms with Gasteiger partial charge >= 0.3 is 0 Å². The Hall–Kier alpha value is -0.830. The summed E-state index contributed by atoms with van der Waals surface area (Å²) in [5.74, 6) is 0.151. The van der Waals surface area contributed by atoms with Crippen LogP contribution in [0.4, 0.5) is 5.69 Å². The van der Waals surface area contributed by atoms with Gasteiger partial charge in [0.1, 0.15) is 0 Å². The maximum atomic E-state index is 11.5. The van der Waals surface area contributed by atoms with E-state index in [0.29, 0.717) is 5.41 Å². The summed E-state index contributed by atoms with van der Waals surface area (Å²) in [6, 6.07) is 6.29. The first-order valence-electron chi connectivity index (χ1n) is 5.21. The van der Waals surface area contributed by atoms with Gasteiger partial charge in [0.15, 0.2) is 0 Å². The molecule has 0 bridgehead atoms. The van der Waals surface area contributed by atoms with Crippen LogP contribution in [0.5, 0.6) is 0 Å². The number of hydrogen-bond acceptors (Lipinski definition) is 1. The van der Waals surface area contributed by atoms with Crippen LogP contribution in [0.25, 0.3) is 0 Å². The molecule has 2 aliphatic rings. The molecule has 0 N–H and O–H groups in total. The molecule has 1 heterocycles. The van der Waals surface area contributed by atoms with Gasteiger partial charge in [0, 0.05) is 29.0 Å². The SMILES string of the molecule is CC(=O)N1CC2(CC2)c2ccc(Br)cc21. The summed E-state index contributed by atoms with van der Waals surface area (Å²) in [7, 11) is 0. The van der Waals surface area contributed by atoms with Crippen LogP contribution in [0.3, 0.4) is 0 Å². The number of halogens is 1. The molecule has 78 valence electrons. The number of benzene rings is 1. The monoisotopic (exact) mass is 265 g/mol. The Morgan fingerprint density at radius 1 is 1.47 bits per heavy atom. The molecule has 1 aromatic rings. The molecule has 1 aliphatic heterocycles. The highest BCUT2D eigenvalue weighted by Gasteiger charge is 2.52. The maximum Gasteiger partial charge on any atom is 0.223 e. The summed E-state index contributed by atoms with van der Waals surface area (Å²) < 4.78 is 1.05. The second-order valence-corrected chi connectivity index (χ2v) is 5.46. The molecule has 0 radical (unpaired) electrons. The van der Waals surface area contributed by atoms with Gasteiger partial charge in [-0.25, -0.2) is 0 Å². The molecule has 2 nitrogen and oxygen atoms in total. The van der Waals surface area contributed by atoms with E-state index in [0.717, 1.165) is 16.7 Å². The van der Waals surface area contributed by atoms with Crippen molar-refractivity contribution >= 4 is 27.5 Å². The summed E-state index contributed by atoms with van der Waals surface area (Å²) in [5.41, 5.74) is 2.78. The zero-order chi connectivity index (χ0) is 10.6. The minimum Gasteiger partial charge on any atom is -0.311 e. The van der Waals surface area contributed by atoms with Crippen molar-refractivity contribution in [1.29, 1.82) is 0 Å². The number of carbonyl (C=O) groups excluding carboxylic acids is 1. The van der Waals surface area contributed by atoms with Crippen molar-refractivity contribution in [2.45, 2.75) is 25.2 Å². The van der Waals surface area contributed by atoms with E-state index in [9.17, 15) is 4.79 Å². The van der Waals surface area contributed by atoms with Gasteiger partial charge in [-0.2, -0.15) is 0 Å². The fourth-order valence-electron chi connectivity index (χ4n) is 2.51. The fraction of sp³-hybridized carbons (Fsp3) is 0.417. The number of fused-ring (bicyclic) bond motifs is 2. The number of carbonyl (C=O) groups is 1. The number of hydrogen-bond donors (Lipinski definition) is 0. The van der Waals surface area contributed by atoms with Crippen molar-refractivity contribution < 1.29 is 4.79 Å². The third-order valence-corrected chi connectivity index (χ3v) is 4.01. The predicted octanol–water partition coefficient (Wildman–Crippen LogP) is 2.85. The normalized spacial score (nSPS) is 20.5. The van der Waals surface area contributed by atoms with Crippen molar-refractivity contribution in [3.05, 3.63) is 28.2 Å². The van der Waals surface area contributed by atoms with Crippen molar-refractivity contribution in [3.63, 3.8) is 0 Å². The van der Waals surface area contributed by atoms with Gasteiger partial charge in [-0.15, -0.1) is 0 Å². The highest BCUT2D eigenvalue weighted by molar-refractivity contribution is 9.10. The van der Waals surface area contributed by atoms with E-state index in [4.69, 9.17) is 0 Å². The van der Waals surface area contributed by atoms with Crippen LogP contribution in [0.2, 0.25) is 0 Å². The van der Waals surface area contributed by atoms with E-state index in [2.05, 4.69) is 34.1 Å². The molecular weight excluding hydrogens is 254 g/mol. The van der Waals surface area contributed by atoms with Gasteiger partial charge in [-0.1, -0.05) is 22.0 Å². The molecule has 1 amide bonds. The molecule has 1 spiro atoms. The Kier molecular flexibility index (Phi) is 1.78. The van der Waals surface area contributed by atoms with Crippen LogP contribution >= 0.6 is 15.9 Å². The van der Waals surface area contributed by atoms with E-state index in [1.54, 1.807) is 6.92 Å². The molecule has 0 saturated heterocycles. The van der Waals surface area contributed by atoms with E-state index < -0.39 is 0 Å². The van der Waals surface area contributed by atoms with Crippen molar-refractivity contribution in [2.75, 3.05) is 11.4 Å². The molecule has 1 saturated carbocycles. The minimum absolute atomic E-state index is 0.151. The summed E-state index contributed by atoms with van der Waals surface area (Å²) in [5, 5.41) is 0. The highest BCUT2D eigenvalue weighted by Crippen LogP contribution is 2.56. The summed E-state index contributed by atoms with van der Waals surface area (Å²) in [6.45, 7) is 2.53. The van der Waals surface area contributed by atoms with E-state index in [-0.39, 0.29) is 5.91 Å². The summed E-state index contributed by atoms with van der Waals surface area (Å²) in [6.07, 6.45) is 2.46. The summed E-state index contributed by atoms with van der Waals surface area (Å²) in [4.78, 5) is 13.5. The number of anilines is 1. The quantitative estimate of drug-likeness (QED) is 0.707.